The maximum Gasteiger partial charge on any atom is 0.160 e. The van der Waals surface area contributed by atoms with Gasteiger partial charge in [0.2, 0.25) is 0 Å². The summed E-state index contributed by atoms with van der Waals surface area (Å²) in [7, 11) is 0. The van der Waals surface area contributed by atoms with E-state index in [4.69, 9.17) is 4.74 Å². The molecule has 0 heterocycles. The monoisotopic (exact) mass is 208 g/mol. The van der Waals surface area contributed by atoms with Gasteiger partial charge in [0.25, 0.3) is 0 Å². The van der Waals surface area contributed by atoms with E-state index in [1.807, 2.05) is 6.07 Å². The van der Waals surface area contributed by atoms with Crippen LogP contribution in [0.1, 0.15) is 33.1 Å². The molecule has 1 unspecified atom stereocenters. The molecule has 0 amide bonds. The molecule has 1 atom stereocenters. The molecule has 0 aliphatic heterocycles. The summed E-state index contributed by atoms with van der Waals surface area (Å²) in [5.41, 5.74) is 0. The molecule has 0 bridgehead atoms. The van der Waals surface area contributed by atoms with Crippen LogP contribution in [0.3, 0.4) is 0 Å². The number of para-hydroxylation sites is 2. The summed E-state index contributed by atoms with van der Waals surface area (Å²) in [5, 5.41) is 9.47. The Kier molecular flexibility index (Phi) is 5.02. The Morgan fingerprint density at radius 1 is 1.33 bits per heavy atom. The number of rotatable bonds is 6. The van der Waals surface area contributed by atoms with Gasteiger partial charge in [0.05, 0.1) is 6.61 Å². The molecule has 0 aliphatic carbocycles. The van der Waals surface area contributed by atoms with E-state index < -0.39 is 0 Å². The number of hydrogen-bond acceptors (Lipinski definition) is 2. The standard InChI is InChI=1S/C13H20O2/c1-3-4-7-11(2)10-15-13-9-6-5-8-12(13)14/h5-6,8-9,11,14H,3-4,7,10H2,1-2H3. The largest absolute Gasteiger partial charge is 0.504 e. The molecule has 1 aromatic rings. The predicted octanol–water partition coefficient (Wildman–Crippen LogP) is 3.60. The van der Waals surface area contributed by atoms with Crippen LogP contribution in [-0.2, 0) is 0 Å². The van der Waals surface area contributed by atoms with Gasteiger partial charge in [0.15, 0.2) is 11.5 Å². The third kappa shape index (κ3) is 4.24. The quantitative estimate of drug-likeness (QED) is 0.774. The second-order valence-corrected chi connectivity index (χ2v) is 4.03. The Hall–Kier alpha value is -1.18. The van der Waals surface area contributed by atoms with Crippen LogP contribution in [0.4, 0.5) is 0 Å². The van der Waals surface area contributed by atoms with Crippen molar-refractivity contribution in [3.05, 3.63) is 24.3 Å². The summed E-state index contributed by atoms with van der Waals surface area (Å²) in [6.07, 6.45) is 3.65. The average molecular weight is 208 g/mol. The van der Waals surface area contributed by atoms with Gasteiger partial charge in [-0.25, -0.2) is 0 Å². The van der Waals surface area contributed by atoms with Gasteiger partial charge in [-0.1, -0.05) is 38.8 Å². The minimum atomic E-state index is 0.222. The highest BCUT2D eigenvalue weighted by atomic mass is 16.5. The number of unbranched alkanes of at least 4 members (excludes halogenated alkanes) is 1. The van der Waals surface area contributed by atoms with Crippen molar-refractivity contribution in [2.45, 2.75) is 33.1 Å². The fourth-order valence-corrected chi connectivity index (χ4v) is 1.45. The van der Waals surface area contributed by atoms with Crippen molar-refractivity contribution < 1.29 is 9.84 Å². The second-order valence-electron chi connectivity index (χ2n) is 4.03. The maximum absolute atomic E-state index is 9.47. The zero-order chi connectivity index (χ0) is 11.1. The topological polar surface area (TPSA) is 29.5 Å². The van der Waals surface area contributed by atoms with Crippen LogP contribution in [0.25, 0.3) is 0 Å². The summed E-state index contributed by atoms with van der Waals surface area (Å²) >= 11 is 0. The maximum atomic E-state index is 9.47. The van der Waals surface area contributed by atoms with Crippen LogP contribution in [0.5, 0.6) is 11.5 Å². The molecule has 1 N–H and O–H groups in total. The highest BCUT2D eigenvalue weighted by Crippen LogP contribution is 2.25. The number of hydrogen-bond donors (Lipinski definition) is 1. The van der Waals surface area contributed by atoms with Crippen LogP contribution in [0.2, 0.25) is 0 Å². The first-order chi connectivity index (χ1) is 7.24. The van der Waals surface area contributed by atoms with E-state index in [-0.39, 0.29) is 5.75 Å². The highest BCUT2D eigenvalue weighted by Gasteiger charge is 2.05. The van der Waals surface area contributed by atoms with Gasteiger partial charge in [-0.15, -0.1) is 0 Å². The number of ether oxygens (including phenoxy) is 1. The number of benzene rings is 1. The lowest BCUT2D eigenvalue weighted by Crippen LogP contribution is -2.08. The Bertz CT molecular complexity index is 284. The zero-order valence-corrected chi connectivity index (χ0v) is 9.57. The molecule has 0 aliphatic rings. The molecular weight excluding hydrogens is 188 g/mol. The lowest BCUT2D eigenvalue weighted by molar-refractivity contribution is 0.240. The molecule has 0 aromatic heterocycles. The van der Waals surface area contributed by atoms with Crippen molar-refractivity contribution in [1.82, 2.24) is 0 Å². The second kappa shape index (κ2) is 6.33. The average Bonchev–Trinajstić information content (AvgIpc) is 2.25. The van der Waals surface area contributed by atoms with E-state index in [0.29, 0.717) is 18.3 Å². The first-order valence-corrected chi connectivity index (χ1v) is 5.64. The highest BCUT2D eigenvalue weighted by molar-refractivity contribution is 5.37. The molecule has 84 valence electrons. The lowest BCUT2D eigenvalue weighted by atomic mass is 10.1. The Morgan fingerprint density at radius 2 is 2.07 bits per heavy atom. The molecule has 1 rings (SSSR count). The molecule has 0 saturated heterocycles. The minimum absolute atomic E-state index is 0.222. The molecule has 0 saturated carbocycles. The van der Waals surface area contributed by atoms with Crippen molar-refractivity contribution in [2.75, 3.05) is 6.61 Å². The van der Waals surface area contributed by atoms with Crippen molar-refractivity contribution in [1.29, 1.82) is 0 Å². The summed E-state index contributed by atoms with van der Waals surface area (Å²) < 4.78 is 5.55. The van der Waals surface area contributed by atoms with E-state index in [9.17, 15) is 5.11 Å². The fraction of sp³-hybridized carbons (Fsp3) is 0.538. The van der Waals surface area contributed by atoms with Gasteiger partial charge in [-0.2, -0.15) is 0 Å². The number of phenolic OH excluding ortho intramolecular Hbond substituents is 1. The molecule has 0 fully saturated rings. The summed E-state index contributed by atoms with van der Waals surface area (Å²) in [5.74, 6) is 1.35. The van der Waals surface area contributed by atoms with Gasteiger partial charge in [-0.05, 0) is 24.5 Å². The lowest BCUT2D eigenvalue weighted by Gasteiger charge is -2.13. The normalized spacial score (nSPS) is 12.4. The Labute approximate surface area is 91.9 Å². The molecule has 2 nitrogen and oxygen atoms in total. The van der Waals surface area contributed by atoms with E-state index in [0.717, 1.165) is 0 Å². The molecule has 0 radical (unpaired) electrons. The third-order valence-electron chi connectivity index (χ3n) is 2.44. The van der Waals surface area contributed by atoms with Crippen molar-refractivity contribution in [2.24, 2.45) is 5.92 Å². The van der Waals surface area contributed by atoms with Gasteiger partial charge in [0, 0.05) is 0 Å². The van der Waals surface area contributed by atoms with Gasteiger partial charge in [0.1, 0.15) is 0 Å². The smallest absolute Gasteiger partial charge is 0.160 e. The van der Waals surface area contributed by atoms with Crippen LogP contribution < -0.4 is 4.74 Å². The molecular formula is C13H20O2. The first kappa shape index (κ1) is 11.9. The molecule has 15 heavy (non-hydrogen) atoms. The van der Waals surface area contributed by atoms with Crippen molar-refractivity contribution in [3.8, 4) is 11.5 Å². The number of phenols is 1. The predicted molar refractivity (Wildman–Crippen MR) is 62.3 cm³/mol. The van der Waals surface area contributed by atoms with Gasteiger partial charge in [-0.3, -0.25) is 0 Å². The molecule has 0 spiro atoms. The summed E-state index contributed by atoms with van der Waals surface area (Å²) in [4.78, 5) is 0. The SMILES string of the molecule is CCCCC(C)COc1ccccc1O. The van der Waals surface area contributed by atoms with E-state index in [1.54, 1.807) is 18.2 Å². The first-order valence-electron chi connectivity index (χ1n) is 5.64. The summed E-state index contributed by atoms with van der Waals surface area (Å²) in [6, 6.07) is 7.10. The number of aromatic hydroxyl groups is 1. The van der Waals surface area contributed by atoms with Crippen LogP contribution in [0, 0.1) is 5.92 Å². The van der Waals surface area contributed by atoms with Gasteiger partial charge < -0.3 is 9.84 Å². The van der Waals surface area contributed by atoms with Crippen molar-refractivity contribution in [3.63, 3.8) is 0 Å². The fourth-order valence-electron chi connectivity index (χ4n) is 1.45. The molecule has 2 heteroatoms. The van der Waals surface area contributed by atoms with Crippen LogP contribution in [0.15, 0.2) is 24.3 Å². The summed E-state index contributed by atoms with van der Waals surface area (Å²) in [6.45, 7) is 5.05. The van der Waals surface area contributed by atoms with Crippen LogP contribution >= 0.6 is 0 Å². The van der Waals surface area contributed by atoms with E-state index in [2.05, 4.69) is 13.8 Å². The zero-order valence-electron chi connectivity index (χ0n) is 9.57. The Morgan fingerprint density at radius 3 is 2.73 bits per heavy atom. The third-order valence-corrected chi connectivity index (χ3v) is 2.44. The van der Waals surface area contributed by atoms with E-state index in [1.165, 1.54) is 19.3 Å². The van der Waals surface area contributed by atoms with E-state index >= 15 is 0 Å². The van der Waals surface area contributed by atoms with Crippen LogP contribution in [-0.4, -0.2) is 11.7 Å². The van der Waals surface area contributed by atoms with Gasteiger partial charge >= 0.3 is 0 Å². The minimum Gasteiger partial charge on any atom is -0.504 e. The Balaban J connectivity index is 2.33. The van der Waals surface area contributed by atoms with Crippen molar-refractivity contribution >= 4 is 0 Å². The molecule has 1 aromatic carbocycles.